The summed E-state index contributed by atoms with van der Waals surface area (Å²) in [5.74, 6) is 0.469. The van der Waals surface area contributed by atoms with Crippen molar-refractivity contribution < 1.29 is 9.59 Å². The van der Waals surface area contributed by atoms with Gasteiger partial charge in [-0.05, 0) is 61.7 Å². The number of amides is 1. The van der Waals surface area contributed by atoms with Gasteiger partial charge in [0, 0.05) is 36.2 Å². The van der Waals surface area contributed by atoms with E-state index in [1.54, 1.807) is 0 Å². The van der Waals surface area contributed by atoms with Crippen LogP contribution in [0.5, 0.6) is 0 Å². The topological polar surface area (TPSA) is 87.8 Å². The average molecular weight is 447 g/mol. The quantitative estimate of drug-likeness (QED) is 0.531. The zero-order chi connectivity index (χ0) is 23.8. The summed E-state index contributed by atoms with van der Waals surface area (Å²) in [6.45, 7) is 6.43. The summed E-state index contributed by atoms with van der Waals surface area (Å²) in [6, 6.07) is 11.9. The lowest BCUT2D eigenvalue weighted by Crippen LogP contribution is -2.34. The minimum Gasteiger partial charge on any atom is -0.387 e. The fourth-order valence-corrected chi connectivity index (χ4v) is 4.14. The van der Waals surface area contributed by atoms with Crippen molar-refractivity contribution in [2.24, 2.45) is 10.7 Å². The van der Waals surface area contributed by atoms with Crippen LogP contribution in [0.2, 0.25) is 0 Å². The predicted octanol–water partition coefficient (Wildman–Crippen LogP) is 4.35. The molecule has 0 atom stereocenters. The minimum absolute atomic E-state index is 0.0346. The zero-order valence-electron chi connectivity index (χ0n) is 19.9. The van der Waals surface area contributed by atoms with Crippen molar-refractivity contribution in [1.29, 1.82) is 0 Å². The summed E-state index contributed by atoms with van der Waals surface area (Å²) in [7, 11) is 1.90. The van der Waals surface area contributed by atoms with Crippen LogP contribution in [0.15, 0.2) is 47.0 Å². The summed E-state index contributed by atoms with van der Waals surface area (Å²) in [5.41, 5.74) is 12.3. The van der Waals surface area contributed by atoms with Crippen LogP contribution in [0.25, 0.3) is 17.2 Å². The smallest absolute Gasteiger partial charge is 0.250 e. The van der Waals surface area contributed by atoms with Crippen LogP contribution in [0.3, 0.4) is 0 Å². The molecule has 0 spiro atoms. The number of aliphatic imine (C=N–C) groups is 1. The Hall–Kier alpha value is -3.25. The van der Waals surface area contributed by atoms with E-state index >= 15 is 0 Å². The number of rotatable bonds is 10. The highest BCUT2D eigenvalue weighted by Gasteiger charge is 2.21. The van der Waals surface area contributed by atoms with Crippen molar-refractivity contribution >= 4 is 29.8 Å². The number of nitrogens with one attached hydrogen (secondary N) is 1. The predicted molar refractivity (Wildman–Crippen MR) is 136 cm³/mol. The van der Waals surface area contributed by atoms with Gasteiger partial charge in [0.15, 0.2) is 0 Å². The Morgan fingerprint density at radius 3 is 2.48 bits per heavy atom. The molecule has 174 valence electrons. The van der Waals surface area contributed by atoms with Gasteiger partial charge in [-0.1, -0.05) is 44.2 Å². The molecule has 2 aromatic rings. The summed E-state index contributed by atoms with van der Waals surface area (Å²) in [5, 5.41) is 3.13. The van der Waals surface area contributed by atoms with Crippen LogP contribution in [-0.2, 0) is 11.2 Å². The molecule has 6 nitrogen and oxygen atoms in total. The molecule has 1 amide bonds. The first-order chi connectivity index (χ1) is 16.0. The van der Waals surface area contributed by atoms with Crippen LogP contribution < -0.4 is 11.1 Å². The van der Waals surface area contributed by atoms with Gasteiger partial charge in [0.05, 0.1) is 5.69 Å². The van der Waals surface area contributed by atoms with Crippen LogP contribution in [0.1, 0.15) is 54.6 Å². The Bertz CT molecular complexity index is 1070. The fraction of sp³-hybridized carbons (Fsp3) is 0.370. The average Bonchev–Trinajstić information content (AvgIpc) is 2.99. The Morgan fingerprint density at radius 1 is 1.12 bits per heavy atom. The summed E-state index contributed by atoms with van der Waals surface area (Å²) >= 11 is 0. The summed E-state index contributed by atoms with van der Waals surface area (Å²) < 4.78 is 0. The maximum Gasteiger partial charge on any atom is 0.250 e. The third kappa shape index (κ3) is 5.96. The standard InChI is InChI=1S/C27H34N4O2/c1-4-12-31(13-5-2)27(33)24-15-22-8-6-20(16-25(22)30-26(28)17-24)19-7-9-23(18-32)21(14-19)10-11-29-3/h6-9,14-16,18,29H,4-5,10-13,17H2,1-3H3,(H2,28,30). The maximum absolute atomic E-state index is 13.2. The molecule has 2 aromatic carbocycles. The molecule has 0 radical (unpaired) electrons. The number of nitrogens with two attached hydrogens (primary N) is 1. The Kier molecular flexibility index (Phi) is 8.55. The molecule has 1 aliphatic rings. The number of carbonyl (C=O) groups is 2. The van der Waals surface area contributed by atoms with E-state index in [1.807, 2.05) is 48.4 Å². The first kappa shape index (κ1) is 24.4. The molecule has 0 saturated heterocycles. The highest BCUT2D eigenvalue weighted by Crippen LogP contribution is 2.32. The molecule has 6 heteroatoms. The van der Waals surface area contributed by atoms with Crippen molar-refractivity contribution in [3.8, 4) is 11.1 Å². The van der Waals surface area contributed by atoms with E-state index < -0.39 is 0 Å². The van der Waals surface area contributed by atoms with Gasteiger partial charge in [-0.2, -0.15) is 0 Å². The molecule has 0 unspecified atom stereocenters. The van der Waals surface area contributed by atoms with Crippen LogP contribution in [-0.4, -0.2) is 49.6 Å². The van der Waals surface area contributed by atoms with E-state index in [9.17, 15) is 9.59 Å². The second-order valence-corrected chi connectivity index (χ2v) is 8.40. The van der Waals surface area contributed by atoms with Gasteiger partial charge in [0.2, 0.25) is 5.91 Å². The van der Waals surface area contributed by atoms with E-state index in [0.717, 1.165) is 73.1 Å². The molecule has 0 aromatic heterocycles. The first-order valence-corrected chi connectivity index (χ1v) is 11.7. The molecule has 3 N–H and O–H groups in total. The van der Waals surface area contributed by atoms with Gasteiger partial charge in [0.1, 0.15) is 12.1 Å². The van der Waals surface area contributed by atoms with Crippen LogP contribution in [0.4, 0.5) is 5.69 Å². The second kappa shape index (κ2) is 11.6. The minimum atomic E-state index is 0.0346. The van der Waals surface area contributed by atoms with E-state index in [0.29, 0.717) is 23.4 Å². The monoisotopic (exact) mass is 446 g/mol. The number of fused-ring (bicyclic) bond motifs is 1. The van der Waals surface area contributed by atoms with Crippen molar-refractivity contribution in [3.63, 3.8) is 0 Å². The molecule has 1 heterocycles. The Balaban J connectivity index is 1.97. The number of aldehydes is 1. The molecule has 0 fully saturated rings. The lowest BCUT2D eigenvalue weighted by Gasteiger charge is -2.22. The number of hydrogen-bond donors (Lipinski definition) is 2. The van der Waals surface area contributed by atoms with Crippen LogP contribution >= 0.6 is 0 Å². The molecule has 3 rings (SSSR count). The van der Waals surface area contributed by atoms with Crippen molar-refractivity contribution in [3.05, 3.63) is 58.7 Å². The van der Waals surface area contributed by atoms with E-state index in [1.165, 1.54) is 0 Å². The summed E-state index contributed by atoms with van der Waals surface area (Å²) in [6.07, 6.45) is 5.78. The Morgan fingerprint density at radius 2 is 1.82 bits per heavy atom. The zero-order valence-corrected chi connectivity index (χ0v) is 19.9. The van der Waals surface area contributed by atoms with Gasteiger partial charge in [-0.3, -0.25) is 9.59 Å². The van der Waals surface area contributed by atoms with Gasteiger partial charge in [0.25, 0.3) is 0 Å². The number of hydrogen-bond acceptors (Lipinski definition) is 5. The Labute approximate surface area is 196 Å². The maximum atomic E-state index is 13.2. The number of amidine groups is 1. The number of nitrogens with zero attached hydrogens (tertiary/aromatic N) is 2. The molecular formula is C27H34N4O2. The third-order valence-electron chi connectivity index (χ3n) is 5.79. The third-order valence-corrected chi connectivity index (χ3v) is 5.79. The highest BCUT2D eigenvalue weighted by molar-refractivity contribution is 6.05. The largest absolute Gasteiger partial charge is 0.387 e. The second-order valence-electron chi connectivity index (χ2n) is 8.40. The van der Waals surface area contributed by atoms with E-state index in [-0.39, 0.29) is 5.91 Å². The van der Waals surface area contributed by atoms with Crippen molar-refractivity contribution in [1.82, 2.24) is 10.2 Å². The molecular weight excluding hydrogens is 412 g/mol. The SMILES string of the molecule is CCCN(CCC)C(=O)C1=Cc2ccc(-c3ccc(C=O)c(CCNC)c3)cc2N=C(N)C1. The summed E-state index contributed by atoms with van der Waals surface area (Å²) in [4.78, 5) is 31.1. The van der Waals surface area contributed by atoms with Gasteiger partial charge < -0.3 is 16.0 Å². The normalized spacial score (nSPS) is 12.9. The van der Waals surface area contributed by atoms with Crippen molar-refractivity contribution in [2.75, 3.05) is 26.7 Å². The van der Waals surface area contributed by atoms with E-state index in [4.69, 9.17) is 5.73 Å². The van der Waals surface area contributed by atoms with Gasteiger partial charge in [-0.25, -0.2) is 4.99 Å². The fourth-order valence-electron chi connectivity index (χ4n) is 4.14. The number of likely N-dealkylation sites (N-methyl/N-ethyl adjacent to an activating group) is 1. The molecule has 1 aliphatic heterocycles. The van der Waals surface area contributed by atoms with E-state index in [2.05, 4.69) is 30.2 Å². The first-order valence-electron chi connectivity index (χ1n) is 11.7. The number of benzene rings is 2. The lowest BCUT2D eigenvalue weighted by atomic mass is 9.96. The lowest BCUT2D eigenvalue weighted by molar-refractivity contribution is -0.127. The van der Waals surface area contributed by atoms with Crippen LogP contribution in [0, 0.1) is 0 Å². The molecule has 33 heavy (non-hydrogen) atoms. The molecule has 0 aliphatic carbocycles. The van der Waals surface area contributed by atoms with Gasteiger partial charge in [-0.15, -0.1) is 0 Å². The molecule has 0 bridgehead atoms. The number of carbonyl (C=O) groups excluding carboxylic acids is 2. The molecule has 0 saturated carbocycles. The highest BCUT2D eigenvalue weighted by atomic mass is 16.2. The van der Waals surface area contributed by atoms with Crippen molar-refractivity contribution in [2.45, 2.75) is 39.5 Å². The van der Waals surface area contributed by atoms with Gasteiger partial charge >= 0.3 is 0 Å².